The minimum Gasteiger partial charge on any atom is -0.454 e. The Bertz CT molecular complexity index is 1170. The number of aromatic nitrogens is 3. The molecule has 1 aliphatic heterocycles. The summed E-state index contributed by atoms with van der Waals surface area (Å²) in [5.74, 6) is -0.444. The topological polar surface area (TPSA) is 134 Å². The van der Waals surface area contributed by atoms with Crippen molar-refractivity contribution in [3.8, 4) is 11.5 Å². The van der Waals surface area contributed by atoms with E-state index in [1.807, 2.05) is 0 Å². The van der Waals surface area contributed by atoms with Crippen LogP contribution < -0.4 is 20.1 Å². The minimum absolute atomic E-state index is 0.108. The number of fused-ring (bicyclic) bond motifs is 2. The van der Waals surface area contributed by atoms with Crippen LogP contribution in [0.4, 0.5) is 10.5 Å². The number of hydrogen-bond acceptors (Lipinski definition) is 8. The number of benzene rings is 1. The molecule has 3 amide bonds. The molecule has 0 bridgehead atoms. The molecule has 0 radical (unpaired) electrons. The first kappa shape index (κ1) is 19.2. The zero-order chi connectivity index (χ0) is 21.3. The summed E-state index contributed by atoms with van der Waals surface area (Å²) in [4.78, 5) is 40.7. The second-order valence-corrected chi connectivity index (χ2v) is 6.46. The molecule has 4 rings (SSSR count). The van der Waals surface area contributed by atoms with Gasteiger partial charge in [-0.15, -0.1) is 0 Å². The lowest BCUT2D eigenvalue weighted by Crippen LogP contribution is -2.37. The zero-order valence-electron chi connectivity index (χ0n) is 16.1. The van der Waals surface area contributed by atoms with Gasteiger partial charge in [-0.3, -0.25) is 14.8 Å². The number of aryl methyl sites for hydroxylation is 2. The molecule has 3 heterocycles. The first-order valence-corrected chi connectivity index (χ1v) is 8.87. The maximum Gasteiger partial charge on any atom is 0.339 e. The number of carbonyl (C=O) groups is 3. The molecule has 1 aliphatic rings. The second kappa shape index (κ2) is 7.70. The van der Waals surface area contributed by atoms with Gasteiger partial charge in [-0.25, -0.2) is 14.6 Å². The standard InChI is InChI=1S/C19H17N5O6/c1-10-5-12(13-7-20-24(2)17(13)21-10)18(26)28-8-16(25)23-19(27)22-11-3-4-14-15(6-11)30-9-29-14/h3-7H,8-9H2,1-2H3,(H2,22,23,25,27). The van der Waals surface area contributed by atoms with Gasteiger partial charge in [0.15, 0.2) is 23.8 Å². The predicted molar refractivity (Wildman–Crippen MR) is 103 cm³/mol. The Morgan fingerprint density at radius 2 is 2.00 bits per heavy atom. The van der Waals surface area contributed by atoms with E-state index >= 15 is 0 Å². The summed E-state index contributed by atoms with van der Waals surface area (Å²) in [6.07, 6.45) is 1.50. The molecular weight excluding hydrogens is 394 g/mol. The molecule has 1 aromatic carbocycles. The number of ether oxygens (including phenoxy) is 3. The number of amides is 3. The molecule has 3 aromatic rings. The molecule has 0 fully saturated rings. The smallest absolute Gasteiger partial charge is 0.339 e. The van der Waals surface area contributed by atoms with Gasteiger partial charge in [0.2, 0.25) is 6.79 Å². The molecular formula is C19H17N5O6. The van der Waals surface area contributed by atoms with Gasteiger partial charge in [-0.05, 0) is 25.1 Å². The fourth-order valence-corrected chi connectivity index (χ4v) is 2.92. The van der Waals surface area contributed by atoms with Crippen molar-refractivity contribution in [2.75, 3.05) is 18.7 Å². The quantitative estimate of drug-likeness (QED) is 0.617. The van der Waals surface area contributed by atoms with Crippen molar-refractivity contribution in [3.05, 3.63) is 41.7 Å². The van der Waals surface area contributed by atoms with Crippen molar-refractivity contribution in [3.63, 3.8) is 0 Å². The van der Waals surface area contributed by atoms with E-state index < -0.39 is 24.5 Å². The summed E-state index contributed by atoms with van der Waals surface area (Å²) in [5.41, 5.74) is 1.77. The normalized spacial score (nSPS) is 11.9. The van der Waals surface area contributed by atoms with E-state index in [0.717, 1.165) is 0 Å². The number of nitrogens with zero attached hydrogens (tertiary/aromatic N) is 3. The van der Waals surface area contributed by atoms with Crippen molar-refractivity contribution in [2.24, 2.45) is 7.05 Å². The molecule has 2 N–H and O–H groups in total. The Morgan fingerprint density at radius 3 is 2.83 bits per heavy atom. The molecule has 30 heavy (non-hydrogen) atoms. The molecule has 11 nitrogen and oxygen atoms in total. The van der Waals surface area contributed by atoms with Gasteiger partial charge in [-0.1, -0.05) is 0 Å². The van der Waals surface area contributed by atoms with E-state index in [9.17, 15) is 14.4 Å². The van der Waals surface area contributed by atoms with Gasteiger partial charge in [0, 0.05) is 24.5 Å². The van der Waals surface area contributed by atoms with Gasteiger partial charge in [-0.2, -0.15) is 5.10 Å². The summed E-state index contributed by atoms with van der Waals surface area (Å²) >= 11 is 0. The molecule has 0 unspecified atom stereocenters. The number of imide groups is 1. The van der Waals surface area contributed by atoms with E-state index in [1.54, 1.807) is 38.2 Å². The molecule has 0 atom stereocenters. The number of pyridine rings is 1. The SMILES string of the molecule is Cc1cc(C(=O)OCC(=O)NC(=O)Nc2ccc3c(c2)OCO3)c2cnn(C)c2n1. The summed E-state index contributed by atoms with van der Waals surface area (Å²) in [7, 11) is 1.70. The summed E-state index contributed by atoms with van der Waals surface area (Å²) in [6, 6.07) is 5.58. The Hall–Kier alpha value is -4.15. The van der Waals surface area contributed by atoms with E-state index in [-0.39, 0.29) is 12.4 Å². The molecule has 11 heteroatoms. The van der Waals surface area contributed by atoms with Gasteiger partial charge >= 0.3 is 12.0 Å². The van der Waals surface area contributed by atoms with Crippen molar-refractivity contribution in [1.29, 1.82) is 0 Å². The number of esters is 1. The molecule has 0 aliphatic carbocycles. The number of rotatable bonds is 4. The summed E-state index contributed by atoms with van der Waals surface area (Å²) < 4.78 is 17.0. The molecule has 154 valence electrons. The van der Waals surface area contributed by atoms with Crippen LogP contribution in [0, 0.1) is 6.92 Å². The third-order valence-electron chi connectivity index (χ3n) is 4.27. The van der Waals surface area contributed by atoms with Crippen molar-refractivity contribution in [2.45, 2.75) is 6.92 Å². The number of urea groups is 1. The van der Waals surface area contributed by atoms with Crippen LogP contribution in [0.5, 0.6) is 11.5 Å². The molecule has 0 saturated heterocycles. The van der Waals surface area contributed by atoms with Crippen LogP contribution in [0.2, 0.25) is 0 Å². The van der Waals surface area contributed by atoms with Crippen molar-refractivity contribution in [1.82, 2.24) is 20.1 Å². The van der Waals surface area contributed by atoms with E-state index in [4.69, 9.17) is 14.2 Å². The Labute approximate surface area is 169 Å². The monoisotopic (exact) mass is 411 g/mol. The predicted octanol–water partition coefficient (Wildman–Crippen LogP) is 1.51. The lowest BCUT2D eigenvalue weighted by molar-refractivity contribution is -0.123. The highest BCUT2D eigenvalue weighted by atomic mass is 16.7. The average molecular weight is 411 g/mol. The fourth-order valence-electron chi connectivity index (χ4n) is 2.92. The Balaban J connectivity index is 1.33. The first-order valence-electron chi connectivity index (χ1n) is 8.87. The van der Waals surface area contributed by atoms with Crippen LogP contribution in [0.25, 0.3) is 11.0 Å². The Kier molecular flexibility index (Phi) is 4.92. The summed E-state index contributed by atoms with van der Waals surface area (Å²) in [5, 5.41) is 9.16. The third kappa shape index (κ3) is 3.85. The number of hydrogen-bond donors (Lipinski definition) is 2. The van der Waals surface area contributed by atoms with Crippen LogP contribution >= 0.6 is 0 Å². The molecule has 2 aromatic heterocycles. The molecule has 0 saturated carbocycles. The van der Waals surface area contributed by atoms with Crippen LogP contribution in [-0.2, 0) is 16.6 Å². The zero-order valence-corrected chi connectivity index (χ0v) is 16.1. The van der Waals surface area contributed by atoms with Crippen LogP contribution in [0.1, 0.15) is 16.1 Å². The van der Waals surface area contributed by atoms with Crippen LogP contribution in [-0.4, -0.2) is 46.1 Å². The second-order valence-electron chi connectivity index (χ2n) is 6.46. The fraction of sp³-hybridized carbons (Fsp3) is 0.211. The highest BCUT2D eigenvalue weighted by molar-refractivity contribution is 6.05. The van der Waals surface area contributed by atoms with Gasteiger partial charge in [0.25, 0.3) is 5.91 Å². The van der Waals surface area contributed by atoms with Crippen molar-refractivity contribution >= 4 is 34.6 Å². The van der Waals surface area contributed by atoms with Gasteiger partial charge < -0.3 is 19.5 Å². The molecule has 0 spiro atoms. The highest BCUT2D eigenvalue weighted by Crippen LogP contribution is 2.34. The van der Waals surface area contributed by atoms with Gasteiger partial charge in [0.05, 0.1) is 17.1 Å². The number of nitrogens with one attached hydrogen (secondary N) is 2. The maximum absolute atomic E-state index is 12.4. The minimum atomic E-state index is -0.783. The van der Waals surface area contributed by atoms with Crippen LogP contribution in [0.3, 0.4) is 0 Å². The third-order valence-corrected chi connectivity index (χ3v) is 4.27. The number of carbonyl (C=O) groups excluding carboxylic acids is 3. The first-order chi connectivity index (χ1) is 14.4. The van der Waals surface area contributed by atoms with Crippen LogP contribution in [0.15, 0.2) is 30.5 Å². The number of anilines is 1. The van der Waals surface area contributed by atoms with E-state index in [0.29, 0.717) is 33.9 Å². The van der Waals surface area contributed by atoms with Crippen molar-refractivity contribution < 1.29 is 28.6 Å². The maximum atomic E-state index is 12.4. The van der Waals surface area contributed by atoms with E-state index in [1.165, 1.54) is 10.9 Å². The van der Waals surface area contributed by atoms with Gasteiger partial charge in [0.1, 0.15) is 0 Å². The summed E-state index contributed by atoms with van der Waals surface area (Å²) in [6.45, 7) is 1.21. The lowest BCUT2D eigenvalue weighted by atomic mass is 10.1. The highest BCUT2D eigenvalue weighted by Gasteiger charge is 2.19. The average Bonchev–Trinajstić information content (AvgIpc) is 3.32. The Morgan fingerprint density at radius 1 is 1.20 bits per heavy atom. The largest absolute Gasteiger partial charge is 0.454 e. The van der Waals surface area contributed by atoms with E-state index in [2.05, 4.69) is 20.7 Å². The lowest BCUT2D eigenvalue weighted by Gasteiger charge is -2.09.